The van der Waals surface area contributed by atoms with E-state index < -0.39 is 0 Å². The Labute approximate surface area is 177 Å². The van der Waals surface area contributed by atoms with Crippen molar-refractivity contribution in [2.45, 2.75) is 6.92 Å². The summed E-state index contributed by atoms with van der Waals surface area (Å²) in [7, 11) is 2.12. The van der Waals surface area contributed by atoms with Gasteiger partial charge in [0.15, 0.2) is 6.20 Å². The van der Waals surface area contributed by atoms with Gasteiger partial charge >= 0.3 is 0 Å². The first kappa shape index (κ1) is 18.3. The first-order valence-electron chi connectivity index (χ1n) is 10.2. The fraction of sp³-hybridized carbons (Fsp3) is 0.0714. The summed E-state index contributed by atoms with van der Waals surface area (Å²) in [5.41, 5.74) is 8.57. The van der Waals surface area contributed by atoms with Gasteiger partial charge in [-0.3, -0.25) is 4.98 Å². The fourth-order valence-electron chi connectivity index (χ4n) is 4.11. The Balaban J connectivity index is 1.70. The lowest BCUT2D eigenvalue weighted by Gasteiger charge is -2.11. The van der Waals surface area contributed by atoms with Crippen molar-refractivity contribution in [2.24, 2.45) is 7.05 Å². The van der Waals surface area contributed by atoms with E-state index in [2.05, 4.69) is 109 Å². The number of rotatable bonds is 3. The largest absolute Gasteiger partial charge is 0.264 e. The van der Waals surface area contributed by atoms with E-state index in [1.165, 1.54) is 44.3 Å². The molecule has 30 heavy (non-hydrogen) atoms. The van der Waals surface area contributed by atoms with Gasteiger partial charge in [0.25, 0.3) is 0 Å². The van der Waals surface area contributed by atoms with Crippen LogP contribution < -0.4 is 4.57 Å². The smallest absolute Gasteiger partial charge is 0.220 e. The molecule has 0 aliphatic heterocycles. The number of aromatic nitrogens is 2. The van der Waals surface area contributed by atoms with Crippen LogP contribution in [0.1, 0.15) is 5.56 Å². The molecule has 2 aromatic heterocycles. The third-order valence-electron chi connectivity index (χ3n) is 5.73. The molecule has 0 bridgehead atoms. The number of hydrogen-bond donors (Lipinski definition) is 0. The van der Waals surface area contributed by atoms with Crippen LogP contribution in [-0.4, -0.2) is 4.98 Å². The summed E-state index contributed by atoms with van der Waals surface area (Å²) in [6, 6.07) is 30.3. The van der Waals surface area contributed by atoms with Gasteiger partial charge in [0.1, 0.15) is 7.05 Å². The van der Waals surface area contributed by atoms with Crippen LogP contribution >= 0.6 is 0 Å². The molecule has 144 valence electrons. The van der Waals surface area contributed by atoms with Gasteiger partial charge in [0.05, 0.1) is 10.9 Å². The van der Waals surface area contributed by atoms with E-state index in [1.54, 1.807) is 0 Å². The first-order chi connectivity index (χ1) is 14.7. The molecule has 5 aromatic rings. The Morgan fingerprint density at radius 2 is 1.47 bits per heavy atom. The Morgan fingerprint density at radius 1 is 0.700 bits per heavy atom. The quantitative estimate of drug-likeness (QED) is 0.329. The predicted octanol–water partition coefficient (Wildman–Crippen LogP) is 6.37. The summed E-state index contributed by atoms with van der Waals surface area (Å²) in [4.78, 5) is 4.27. The fourth-order valence-corrected chi connectivity index (χ4v) is 4.11. The van der Waals surface area contributed by atoms with Gasteiger partial charge in [-0.1, -0.05) is 54.6 Å². The van der Waals surface area contributed by atoms with Crippen molar-refractivity contribution >= 4 is 10.8 Å². The van der Waals surface area contributed by atoms with Gasteiger partial charge in [0, 0.05) is 24.0 Å². The van der Waals surface area contributed by atoms with Gasteiger partial charge in [-0.15, -0.1) is 0 Å². The Bertz CT molecular complexity index is 1340. The normalized spacial score (nSPS) is 11.0. The van der Waals surface area contributed by atoms with E-state index in [1.807, 2.05) is 18.5 Å². The van der Waals surface area contributed by atoms with Crippen molar-refractivity contribution in [1.29, 1.82) is 0 Å². The van der Waals surface area contributed by atoms with Crippen molar-refractivity contribution in [3.63, 3.8) is 0 Å². The SMILES string of the molecule is Cc1ccc(-c2ccccc2)cc1-c1c2ccc(-c3cccnc3)cc2cc[n+]1C. The number of pyridine rings is 2. The van der Waals surface area contributed by atoms with Crippen molar-refractivity contribution in [1.82, 2.24) is 4.98 Å². The molecule has 0 atom stereocenters. The van der Waals surface area contributed by atoms with Crippen LogP contribution in [-0.2, 0) is 7.05 Å². The molecule has 5 rings (SSSR count). The maximum atomic E-state index is 4.27. The minimum absolute atomic E-state index is 1.14. The van der Waals surface area contributed by atoms with Gasteiger partial charge in [-0.2, -0.15) is 0 Å². The molecule has 0 fully saturated rings. The Kier molecular flexibility index (Phi) is 4.61. The Morgan fingerprint density at radius 3 is 2.27 bits per heavy atom. The molecule has 3 aromatic carbocycles. The van der Waals surface area contributed by atoms with Crippen LogP contribution in [0.3, 0.4) is 0 Å². The molecule has 0 radical (unpaired) electrons. The molecule has 0 amide bonds. The van der Waals surface area contributed by atoms with E-state index in [4.69, 9.17) is 0 Å². The maximum absolute atomic E-state index is 4.27. The average molecular weight is 388 g/mol. The third-order valence-corrected chi connectivity index (χ3v) is 5.73. The van der Waals surface area contributed by atoms with Gasteiger partial charge in [-0.05, 0) is 58.8 Å². The molecule has 0 spiro atoms. The second-order valence-electron chi connectivity index (χ2n) is 7.71. The summed E-state index contributed by atoms with van der Waals surface area (Å²) in [6.07, 6.45) is 5.88. The van der Waals surface area contributed by atoms with Crippen molar-refractivity contribution in [3.8, 4) is 33.5 Å². The van der Waals surface area contributed by atoms with Crippen molar-refractivity contribution in [3.05, 3.63) is 109 Å². The molecular formula is C28H23N2+. The maximum Gasteiger partial charge on any atom is 0.220 e. The zero-order chi connectivity index (χ0) is 20.5. The molecule has 0 unspecified atom stereocenters. The molecule has 0 aliphatic carbocycles. The van der Waals surface area contributed by atoms with E-state index >= 15 is 0 Å². The van der Waals surface area contributed by atoms with Crippen LogP contribution in [0.2, 0.25) is 0 Å². The number of aryl methyl sites for hydroxylation is 2. The molecular weight excluding hydrogens is 364 g/mol. The highest BCUT2D eigenvalue weighted by molar-refractivity contribution is 5.96. The van der Waals surface area contributed by atoms with E-state index in [0.717, 1.165) is 5.56 Å². The summed E-state index contributed by atoms with van der Waals surface area (Å²) in [5, 5.41) is 2.48. The highest BCUT2D eigenvalue weighted by Gasteiger charge is 2.18. The lowest BCUT2D eigenvalue weighted by molar-refractivity contribution is -0.659. The summed E-state index contributed by atoms with van der Waals surface area (Å²) in [6.45, 7) is 2.19. The molecule has 0 N–H and O–H groups in total. The second kappa shape index (κ2) is 7.57. The summed E-state index contributed by atoms with van der Waals surface area (Å²) < 4.78 is 2.23. The molecule has 0 saturated heterocycles. The Hall–Kier alpha value is -3.78. The zero-order valence-electron chi connectivity index (χ0n) is 17.2. The van der Waals surface area contributed by atoms with Crippen LogP contribution in [0.4, 0.5) is 0 Å². The molecule has 0 aliphatic rings. The van der Waals surface area contributed by atoms with Crippen molar-refractivity contribution in [2.75, 3.05) is 0 Å². The zero-order valence-corrected chi connectivity index (χ0v) is 17.2. The first-order valence-corrected chi connectivity index (χ1v) is 10.2. The highest BCUT2D eigenvalue weighted by atomic mass is 14.9. The van der Waals surface area contributed by atoms with Gasteiger partial charge in [0.2, 0.25) is 5.69 Å². The average Bonchev–Trinajstić information content (AvgIpc) is 2.80. The molecule has 2 heteroatoms. The number of nitrogens with zero attached hydrogens (tertiary/aromatic N) is 2. The number of benzene rings is 3. The summed E-state index contributed by atoms with van der Waals surface area (Å²) >= 11 is 0. The van der Waals surface area contributed by atoms with Crippen molar-refractivity contribution < 1.29 is 4.57 Å². The second-order valence-corrected chi connectivity index (χ2v) is 7.71. The van der Waals surface area contributed by atoms with E-state index in [0.29, 0.717) is 0 Å². The minimum Gasteiger partial charge on any atom is -0.264 e. The van der Waals surface area contributed by atoms with E-state index in [-0.39, 0.29) is 0 Å². The standard InChI is InChI=1S/C28H23N2/c1-20-10-11-23(21-7-4-3-5-8-21)18-27(20)28-26-13-12-22(25-9-6-15-29-19-25)17-24(26)14-16-30(28)2/h3-19H,1-2H3/q+1. The van der Waals surface area contributed by atoms with Crippen LogP contribution in [0, 0.1) is 6.92 Å². The number of fused-ring (bicyclic) bond motifs is 1. The number of hydrogen-bond acceptors (Lipinski definition) is 1. The topological polar surface area (TPSA) is 16.8 Å². The molecule has 2 heterocycles. The third kappa shape index (κ3) is 3.27. The van der Waals surface area contributed by atoms with Crippen LogP contribution in [0.15, 0.2) is 104 Å². The van der Waals surface area contributed by atoms with Crippen LogP contribution in [0.25, 0.3) is 44.3 Å². The lowest BCUT2D eigenvalue weighted by atomic mass is 9.94. The lowest BCUT2D eigenvalue weighted by Crippen LogP contribution is -2.30. The van der Waals surface area contributed by atoms with Crippen LogP contribution in [0.5, 0.6) is 0 Å². The predicted molar refractivity (Wildman–Crippen MR) is 124 cm³/mol. The van der Waals surface area contributed by atoms with Gasteiger partial charge < -0.3 is 0 Å². The molecule has 2 nitrogen and oxygen atoms in total. The summed E-state index contributed by atoms with van der Waals surface area (Å²) in [5.74, 6) is 0. The van der Waals surface area contributed by atoms with E-state index in [9.17, 15) is 0 Å². The van der Waals surface area contributed by atoms with Gasteiger partial charge in [-0.25, -0.2) is 4.57 Å². The minimum atomic E-state index is 1.14. The monoisotopic (exact) mass is 387 g/mol. The highest BCUT2D eigenvalue weighted by Crippen LogP contribution is 2.33. The molecule has 0 saturated carbocycles.